The maximum atomic E-state index is 12.6. The Kier molecular flexibility index (Phi) is 6.58. The van der Waals surface area contributed by atoms with Crippen LogP contribution < -0.4 is 15.1 Å². The summed E-state index contributed by atoms with van der Waals surface area (Å²) in [7, 11) is 0. The largest absolute Gasteiger partial charge is 0.447 e. The first-order valence-electron chi connectivity index (χ1n) is 11.2. The molecule has 2 aromatic rings. The topological polar surface area (TPSA) is 104 Å². The van der Waals surface area contributed by atoms with Crippen LogP contribution in [0.2, 0.25) is 0 Å². The normalized spacial score (nSPS) is 16.3. The first-order valence-corrected chi connectivity index (χ1v) is 11.2. The van der Waals surface area contributed by atoms with Crippen molar-refractivity contribution in [1.82, 2.24) is 9.88 Å². The molecule has 34 heavy (non-hydrogen) atoms. The van der Waals surface area contributed by atoms with E-state index in [1.54, 1.807) is 41.4 Å². The smallest absolute Gasteiger partial charge is 0.414 e. The number of piperazine rings is 1. The van der Waals surface area contributed by atoms with Gasteiger partial charge in [-0.3, -0.25) is 9.69 Å². The number of nitrogens with one attached hydrogen (secondary N) is 1. The molecular weight excluding hydrogens is 438 g/mol. The van der Waals surface area contributed by atoms with Crippen LogP contribution in [-0.2, 0) is 9.47 Å². The van der Waals surface area contributed by atoms with Crippen molar-refractivity contribution in [3.05, 3.63) is 48.2 Å². The quantitative estimate of drug-likeness (QED) is 0.735. The van der Waals surface area contributed by atoms with Crippen LogP contribution >= 0.6 is 0 Å². The lowest BCUT2D eigenvalue weighted by Crippen LogP contribution is -2.50. The van der Waals surface area contributed by atoms with Crippen LogP contribution in [0, 0.1) is 0 Å². The van der Waals surface area contributed by atoms with E-state index in [-0.39, 0.29) is 18.1 Å². The number of nitrogens with zero attached hydrogens (tertiary/aromatic N) is 4. The fourth-order valence-corrected chi connectivity index (χ4v) is 3.73. The molecule has 0 aliphatic carbocycles. The lowest BCUT2D eigenvalue weighted by atomic mass is 10.2. The summed E-state index contributed by atoms with van der Waals surface area (Å²) in [5.74, 6) is 0.148. The van der Waals surface area contributed by atoms with Crippen LogP contribution in [0.15, 0.2) is 42.6 Å². The summed E-state index contributed by atoms with van der Waals surface area (Å²) in [5, 5.41) is 2.79. The molecule has 2 saturated heterocycles. The lowest BCUT2D eigenvalue weighted by molar-refractivity contribution is 0.0240. The van der Waals surface area contributed by atoms with Crippen molar-refractivity contribution in [1.29, 1.82) is 0 Å². The van der Waals surface area contributed by atoms with Crippen LogP contribution in [0.1, 0.15) is 31.1 Å². The molecule has 2 aliphatic heterocycles. The fourth-order valence-electron chi connectivity index (χ4n) is 3.73. The molecule has 0 unspecified atom stereocenters. The van der Waals surface area contributed by atoms with Crippen LogP contribution in [0.3, 0.4) is 0 Å². The Hall–Kier alpha value is -3.82. The summed E-state index contributed by atoms with van der Waals surface area (Å²) in [5.41, 5.74) is 1.56. The Morgan fingerprint density at radius 3 is 2.21 bits per heavy atom. The average molecular weight is 468 g/mol. The van der Waals surface area contributed by atoms with Gasteiger partial charge in [0.1, 0.15) is 18.0 Å². The zero-order valence-corrected chi connectivity index (χ0v) is 19.6. The molecule has 10 heteroatoms. The van der Waals surface area contributed by atoms with Crippen LogP contribution in [0.5, 0.6) is 0 Å². The van der Waals surface area contributed by atoms with E-state index in [1.165, 1.54) is 4.90 Å². The second-order valence-corrected chi connectivity index (χ2v) is 9.12. The number of aromatic nitrogens is 1. The number of rotatable bonds is 4. The van der Waals surface area contributed by atoms with Crippen LogP contribution in [-0.4, -0.2) is 72.9 Å². The van der Waals surface area contributed by atoms with Crippen molar-refractivity contribution >= 4 is 35.3 Å². The number of carbonyl (C=O) groups excluding carboxylic acids is 3. The standard InChI is InChI=1S/C24H29N5O5/c1-24(2,3)34-22(31)28-12-10-27(11-13-28)19-8-9-20(25-16-19)26-21(30)17-4-6-18(7-5-17)29-14-15-33-23(29)32/h4-9,16H,10-15H2,1-3H3,(H,25,26,30). The molecule has 10 nitrogen and oxygen atoms in total. The number of pyridine rings is 1. The van der Waals surface area contributed by atoms with E-state index in [4.69, 9.17) is 9.47 Å². The number of amides is 3. The highest BCUT2D eigenvalue weighted by Crippen LogP contribution is 2.21. The van der Waals surface area contributed by atoms with E-state index in [9.17, 15) is 14.4 Å². The molecule has 3 amide bonds. The van der Waals surface area contributed by atoms with Gasteiger partial charge in [-0.15, -0.1) is 0 Å². The van der Waals surface area contributed by atoms with Gasteiger partial charge in [-0.1, -0.05) is 0 Å². The highest BCUT2D eigenvalue weighted by molar-refractivity contribution is 6.04. The first-order chi connectivity index (χ1) is 16.2. The fraction of sp³-hybridized carbons (Fsp3) is 0.417. The Bertz CT molecular complexity index is 1040. The molecule has 3 heterocycles. The van der Waals surface area contributed by atoms with Gasteiger partial charge >= 0.3 is 12.2 Å². The summed E-state index contributed by atoms with van der Waals surface area (Å²) in [4.78, 5) is 46.2. The third kappa shape index (κ3) is 5.56. The molecule has 0 atom stereocenters. The van der Waals surface area contributed by atoms with Gasteiger partial charge in [-0.25, -0.2) is 14.6 Å². The van der Waals surface area contributed by atoms with E-state index < -0.39 is 5.60 Å². The van der Waals surface area contributed by atoms with Gasteiger partial charge in [0, 0.05) is 37.4 Å². The van der Waals surface area contributed by atoms with Gasteiger partial charge in [0.25, 0.3) is 5.91 Å². The minimum Gasteiger partial charge on any atom is -0.447 e. The molecule has 1 aromatic heterocycles. The van der Waals surface area contributed by atoms with Crippen molar-refractivity contribution in [2.24, 2.45) is 0 Å². The van der Waals surface area contributed by atoms with Crippen LogP contribution in [0.25, 0.3) is 0 Å². The van der Waals surface area contributed by atoms with E-state index in [2.05, 4.69) is 15.2 Å². The molecular formula is C24H29N5O5. The zero-order valence-electron chi connectivity index (χ0n) is 19.6. The molecule has 1 N–H and O–H groups in total. The molecule has 180 valence electrons. The molecule has 2 fully saturated rings. The molecule has 0 saturated carbocycles. The summed E-state index contributed by atoms with van der Waals surface area (Å²) in [6, 6.07) is 10.4. The molecule has 4 rings (SSSR count). The van der Waals surface area contributed by atoms with Crippen LogP contribution in [0.4, 0.5) is 26.8 Å². The van der Waals surface area contributed by atoms with Gasteiger partial charge in [-0.2, -0.15) is 0 Å². The van der Waals surface area contributed by atoms with Crippen molar-refractivity contribution in [2.45, 2.75) is 26.4 Å². The third-order valence-electron chi connectivity index (χ3n) is 5.49. The van der Waals surface area contributed by atoms with Crippen molar-refractivity contribution in [3.63, 3.8) is 0 Å². The highest BCUT2D eigenvalue weighted by Gasteiger charge is 2.26. The number of hydrogen-bond donors (Lipinski definition) is 1. The zero-order chi connectivity index (χ0) is 24.3. The minimum atomic E-state index is -0.512. The van der Waals surface area contributed by atoms with E-state index in [0.717, 1.165) is 5.69 Å². The van der Waals surface area contributed by atoms with E-state index >= 15 is 0 Å². The SMILES string of the molecule is CC(C)(C)OC(=O)N1CCN(c2ccc(NC(=O)c3ccc(N4CCOC4=O)cc3)nc2)CC1. The van der Waals surface area contributed by atoms with Gasteiger partial charge in [0.15, 0.2) is 0 Å². The average Bonchev–Trinajstić information content (AvgIpc) is 3.24. The maximum absolute atomic E-state index is 12.6. The number of hydrogen-bond acceptors (Lipinski definition) is 7. The van der Waals surface area contributed by atoms with E-state index in [0.29, 0.717) is 56.4 Å². The summed E-state index contributed by atoms with van der Waals surface area (Å²) in [6.07, 6.45) is 1.03. The highest BCUT2D eigenvalue weighted by atomic mass is 16.6. The number of benzene rings is 1. The molecule has 0 radical (unpaired) electrons. The number of carbonyl (C=O) groups is 3. The Labute approximate surface area is 198 Å². The number of ether oxygens (including phenoxy) is 2. The number of anilines is 3. The van der Waals surface area contributed by atoms with Crippen molar-refractivity contribution < 1.29 is 23.9 Å². The monoisotopic (exact) mass is 467 g/mol. The predicted octanol–water partition coefficient (Wildman–Crippen LogP) is 3.35. The third-order valence-corrected chi connectivity index (χ3v) is 5.49. The number of cyclic esters (lactones) is 1. The lowest BCUT2D eigenvalue weighted by Gasteiger charge is -2.36. The Balaban J connectivity index is 1.30. The Morgan fingerprint density at radius 2 is 1.65 bits per heavy atom. The minimum absolute atomic E-state index is 0.290. The van der Waals surface area contributed by atoms with Gasteiger partial charge in [0.05, 0.1) is 18.4 Å². The summed E-state index contributed by atoms with van der Waals surface area (Å²) >= 11 is 0. The van der Waals surface area contributed by atoms with Crippen molar-refractivity contribution in [3.8, 4) is 0 Å². The Morgan fingerprint density at radius 1 is 0.971 bits per heavy atom. The van der Waals surface area contributed by atoms with Gasteiger partial charge < -0.3 is 24.6 Å². The second kappa shape index (κ2) is 9.58. The molecule has 2 aliphatic rings. The summed E-state index contributed by atoms with van der Waals surface area (Å²) < 4.78 is 10.4. The maximum Gasteiger partial charge on any atom is 0.414 e. The first kappa shape index (κ1) is 23.3. The molecule has 0 bridgehead atoms. The van der Waals surface area contributed by atoms with Crippen molar-refractivity contribution in [2.75, 3.05) is 54.4 Å². The molecule has 1 aromatic carbocycles. The predicted molar refractivity (Wildman–Crippen MR) is 127 cm³/mol. The summed E-state index contributed by atoms with van der Waals surface area (Å²) in [6.45, 7) is 8.90. The van der Waals surface area contributed by atoms with E-state index in [1.807, 2.05) is 26.8 Å². The van der Waals surface area contributed by atoms with Gasteiger partial charge in [-0.05, 0) is 57.2 Å². The second-order valence-electron chi connectivity index (χ2n) is 9.12. The molecule has 0 spiro atoms. The van der Waals surface area contributed by atoms with Gasteiger partial charge in [0.2, 0.25) is 0 Å².